The number of benzene rings is 1. The first-order valence-corrected chi connectivity index (χ1v) is 5.28. The molecule has 0 aromatic heterocycles. The fraction of sp³-hybridized carbons (Fsp3) is 0.462. The molecule has 0 radical (unpaired) electrons. The summed E-state index contributed by atoms with van der Waals surface area (Å²) in [5, 5.41) is 9.31. The second kappa shape index (κ2) is 3.80. The summed E-state index contributed by atoms with van der Waals surface area (Å²) in [5.74, 6) is 0.815. The molecule has 1 aromatic carbocycles. The van der Waals surface area contributed by atoms with Crippen molar-refractivity contribution in [3.63, 3.8) is 0 Å². The lowest BCUT2D eigenvalue weighted by Crippen LogP contribution is -2.45. The topological polar surface area (TPSA) is 42.2 Å². The van der Waals surface area contributed by atoms with Crippen LogP contribution in [0.3, 0.4) is 0 Å². The highest BCUT2D eigenvalue weighted by atomic mass is 16.5. The monoisotopic (exact) mass is 217 g/mol. The summed E-state index contributed by atoms with van der Waals surface area (Å²) in [4.78, 5) is 0. The SMILES string of the molecule is COc1c(C)cc(C)cc1C1(C#N)COC1. The van der Waals surface area contributed by atoms with Gasteiger partial charge >= 0.3 is 0 Å². The zero-order valence-corrected chi connectivity index (χ0v) is 9.83. The zero-order chi connectivity index (χ0) is 11.8. The van der Waals surface area contributed by atoms with Gasteiger partial charge in [0.25, 0.3) is 0 Å². The first-order valence-electron chi connectivity index (χ1n) is 5.28. The van der Waals surface area contributed by atoms with E-state index in [0.717, 1.165) is 22.4 Å². The Labute approximate surface area is 95.6 Å². The maximum absolute atomic E-state index is 9.31. The van der Waals surface area contributed by atoms with E-state index in [2.05, 4.69) is 12.1 Å². The minimum absolute atomic E-state index is 0.461. The van der Waals surface area contributed by atoms with Gasteiger partial charge in [-0.15, -0.1) is 0 Å². The van der Waals surface area contributed by atoms with E-state index in [1.165, 1.54) is 0 Å². The van der Waals surface area contributed by atoms with Crippen LogP contribution in [0.2, 0.25) is 0 Å². The molecule has 1 heterocycles. The van der Waals surface area contributed by atoms with Crippen molar-refractivity contribution in [1.82, 2.24) is 0 Å². The van der Waals surface area contributed by atoms with Crippen molar-refractivity contribution in [2.45, 2.75) is 19.3 Å². The molecular formula is C13H15NO2. The minimum atomic E-state index is -0.512. The van der Waals surface area contributed by atoms with Gasteiger partial charge in [-0.25, -0.2) is 0 Å². The molecule has 3 nitrogen and oxygen atoms in total. The lowest BCUT2D eigenvalue weighted by molar-refractivity contribution is -0.0307. The summed E-state index contributed by atoms with van der Waals surface area (Å²) in [6, 6.07) is 6.44. The molecule has 1 aliphatic heterocycles. The molecule has 0 aliphatic carbocycles. The molecule has 1 fully saturated rings. The van der Waals surface area contributed by atoms with Crippen LogP contribution in [0.1, 0.15) is 16.7 Å². The van der Waals surface area contributed by atoms with Crippen molar-refractivity contribution in [3.8, 4) is 11.8 Å². The fourth-order valence-electron chi connectivity index (χ4n) is 2.17. The summed E-state index contributed by atoms with van der Waals surface area (Å²) >= 11 is 0. The predicted molar refractivity (Wildman–Crippen MR) is 60.6 cm³/mol. The molecule has 1 aliphatic rings. The summed E-state index contributed by atoms with van der Waals surface area (Å²) in [7, 11) is 1.64. The minimum Gasteiger partial charge on any atom is -0.496 e. The van der Waals surface area contributed by atoms with E-state index in [9.17, 15) is 5.26 Å². The van der Waals surface area contributed by atoms with Gasteiger partial charge in [-0.1, -0.05) is 17.7 Å². The van der Waals surface area contributed by atoms with Gasteiger partial charge in [0.1, 0.15) is 11.2 Å². The Morgan fingerprint density at radius 3 is 2.50 bits per heavy atom. The van der Waals surface area contributed by atoms with Gasteiger partial charge in [-0.2, -0.15) is 5.26 Å². The summed E-state index contributed by atoms with van der Waals surface area (Å²) in [6.07, 6.45) is 0. The van der Waals surface area contributed by atoms with Gasteiger partial charge in [0.15, 0.2) is 0 Å². The largest absolute Gasteiger partial charge is 0.496 e. The van der Waals surface area contributed by atoms with Crippen molar-refractivity contribution in [2.75, 3.05) is 20.3 Å². The van der Waals surface area contributed by atoms with Gasteiger partial charge in [0.2, 0.25) is 0 Å². The number of hydrogen-bond donors (Lipinski definition) is 0. The number of rotatable bonds is 2. The highest BCUT2D eigenvalue weighted by Crippen LogP contribution is 2.39. The fourth-order valence-corrected chi connectivity index (χ4v) is 2.17. The van der Waals surface area contributed by atoms with Crippen LogP contribution in [0.4, 0.5) is 0 Å². The van der Waals surface area contributed by atoms with E-state index in [1.54, 1.807) is 7.11 Å². The van der Waals surface area contributed by atoms with Crippen molar-refractivity contribution in [1.29, 1.82) is 5.26 Å². The summed E-state index contributed by atoms with van der Waals surface area (Å²) in [5.41, 5.74) is 2.66. The molecule has 0 spiro atoms. The Kier molecular flexibility index (Phi) is 2.61. The van der Waals surface area contributed by atoms with Crippen LogP contribution < -0.4 is 4.74 Å². The van der Waals surface area contributed by atoms with Crippen molar-refractivity contribution in [2.24, 2.45) is 0 Å². The standard InChI is InChI=1S/C13H15NO2/c1-9-4-10(2)12(15-3)11(5-9)13(6-14)7-16-8-13/h4-5H,7-8H2,1-3H3. The van der Waals surface area contributed by atoms with Crippen molar-refractivity contribution < 1.29 is 9.47 Å². The predicted octanol–water partition coefficient (Wildman–Crippen LogP) is 2.10. The van der Waals surface area contributed by atoms with Gasteiger partial charge in [0, 0.05) is 5.56 Å². The second-order valence-electron chi connectivity index (χ2n) is 4.35. The Hall–Kier alpha value is -1.53. The van der Waals surface area contributed by atoms with E-state index in [1.807, 2.05) is 19.9 Å². The number of nitrogens with zero attached hydrogens (tertiary/aromatic N) is 1. The van der Waals surface area contributed by atoms with Gasteiger partial charge in [0.05, 0.1) is 26.4 Å². The average Bonchev–Trinajstić information content (AvgIpc) is 2.16. The molecule has 3 heteroatoms. The highest BCUT2D eigenvalue weighted by Gasteiger charge is 2.43. The summed E-state index contributed by atoms with van der Waals surface area (Å²) < 4.78 is 10.6. The van der Waals surface area contributed by atoms with Crippen LogP contribution in [-0.4, -0.2) is 20.3 Å². The molecular weight excluding hydrogens is 202 g/mol. The molecule has 0 bridgehead atoms. The zero-order valence-electron chi connectivity index (χ0n) is 9.83. The molecule has 0 amide bonds. The van der Waals surface area contributed by atoms with E-state index >= 15 is 0 Å². The van der Waals surface area contributed by atoms with Crippen LogP contribution in [0.5, 0.6) is 5.75 Å². The molecule has 0 atom stereocenters. The second-order valence-corrected chi connectivity index (χ2v) is 4.35. The maximum Gasteiger partial charge on any atom is 0.132 e. The molecule has 16 heavy (non-hydrogen) atoms. The van der Waals surface area contributed by atoms with Crippen LogP contribution in [0.15, 0.2) is 12.1 Å². The third kappa shape index (κ3) is 1.46. The highest BCUT2D eigenvalue weighted by molar-refractivity contribution is 5.51. The van der Waals surface area contributed by atoms with E-state index in [0.29, 0.717) is 13.2 Å². The average molecular weight is 217 g/mol. The van der Waals surface area contributed by atoms with Gasteiger partial charge in [-0.3, -0.25) is 0 Å². The first-order chi connectivity index (χ1) is 7.63. The first kappa shape index (κ1) is 11.0. The number of ether oxygens (including phenoxy) is 2. The number of aryl methyl sites for hydroxylation is 2. The van der Waals surface area contributed by atoms with Crippen LogP contribution >= 0.6 is 0 Å². The number of methoxy groups -OCH3 is 1. The Balaban J connectivity index is 2.59. The van der Waals surface area contributed by atoms with Gasteiger partial charge in [-0.05, 0) is 19.4 Å². The molecule has 1 saturated heterocycles. The third-order valence-corrected chi connectivity index (χ3v) is 3.05. The Morgan fingerprint density at radius 2 is 2.06 bits per heavy atom. The Morgan fingerprint density at radius 1 is 1.38 bits per heavy atom. The van der Waals surface area contributed by atoms with Crippen LogP contribution in [-0.2, 0) is 10.2 Å². The number of nitriles is 1. The van der Waals surface area contributed by atoms with E-state index in [-0.39, 0.29) is 0 Å². The normalized spacial score (nSPS) is 17.4. The lowest BCUT2D eigenvalue weighted by atomic mass is 9.78. The third-order valence-electron chi connectivity index (χ3n) is 3.05. The molecule has 84 valence electrons. The van der Waals surface area contributed by atoms with Crippen LogP contribution in [0.25, 0.3) is 0 Å². The molecule has 0 unspecified atom stereocenters. The number of hydrogen-bond acceptors (Lipinski definition) is 3. The van der Waals surface area contributed by atoms with Crippen LogP contribution in [0, 0.1) is 25.2 Å². The maximum atomic E-state index is 9.31. The van der Waals surface area contributed by atoms with Gasteiger partial charge < -0.3 is 9.47 Å². The van der Waals surface area contributed by atoms with Crippen molar-refractivity contribution in [3.05, 3.63) is 28.8 Å². The Bertz CT molecular complexity index is 456. The molecule has 0 saturated carbocycles. The van der Waals surface area contributed by atoms with Crippen molar-refractivity contribution >= 4 is 0 Å². The molecule has 0 N–H and O–H groups in total. The smallest absolute Gasteiger partial charge is 0.132 e. The van der Waals surface area contributed by atoms with E-state index < -0.39 is 5.41 Å². The molecule has 1 aromatic rings. The summed E-state index contributed by atoms with van der Waals surface area (Å²) in [6.45, 7) is 4.95. The molecule has 2 rings (SSSR count). The quantitative estimate of drug-likeness (QED) is 0.761. The van der Waals surface area contributed by atoms with E-state index in [4.69, 9.17) is 9.47 Å². The lowest BCUT2D eigenvalue weighted by Gasteiger charge is -2.36.